The van der Waals surface area contributed by atoms with Gasteiger partial charge >= 0.3 is 6.09 Å². The molecule has 1 amide bonds. The summed E-state index contributed by atoms with van der Waals surface area (Å²) in [5.41, 5.74) is 5.73. The topological polar surface area (TPSA) is 102 Å². The third kappa shape index (κ3) is 3.26. The van der Waals surface area contributed by atoms with Crippen LogP contribution in [0, 0.1) is 6.92 Å². The number of ether oxygens (including phenoxy) is 1. The van der Waals surface area contributed by atoms with E-state index < -0.39 is 6.09 Å². The fraction of sp³-hybridized carbons (Fsp3) is 0.444. The number of carbonyl (C=O) groups excluding carboxylic acids is 1. The molecule has 0 saturated heterocycles. The Morgan fingerprint density at radius 1 is 1.50 bits per heavy atom. The number of hydrogen-bond donors (Lipinski definition) is 3. The molecule has 0 aliphatic heterocycles. The van der Waals surface area contributed by atoms with Crippen molar-refractivity contribution < 1.29 is 9.53 Å². The second-order valence-electron chi connectivity index (χ2n) is 3.04. The summed E-state index contributed by atoms with van der Waals surface area (Å²) in [5, 5.41) is 5.97. The smallest absolute Gasteiger partial charge is 0.404 e. The molecule has 1 heterocycles. The van der Waals surface area contributed by atoms with E-state index in [1.165, 1.54) is 6.33 Å². The minimum absolute atomic E-state index is 0.202. The van der Waals surface area contributed by atoms with E-state index in [2.05, 4.69) is 25.3 Å². The Morgan fingerprint density at radius 2 is 2.19 bits per heavy atom. The molecule has 7 heteroatoms. The van der Waals surface area contributed by atoms with Crippen LogP contribution < -0.4 is 16.4 Å². The number of amides is 1. The fourth-order valence-electron chi connectivity index (χ4n) is 1.20. The van der Waals surface area contributed by atoms with Gasteiger partial charge in [-0.05, 0) is 6.92 Å². The fourth-order valence-corrected chi connectivity index (χ4v) is 1.20. The summed E-state index contributed by atoms with van der Waals surface area (Å²) in [5.74, 6) is 1.46. The Morgan fingerprint density at radius 3 is 2.81 bits per heavy atom. The van der Waals surface area contributed by atoms with E-state index in [9.17, 15) is 4.79 Å². The molecular formula is C9H15N5O2. The van der Waals surface area contributed by atoms with E-state index in [1.54, 1.807) is 7.05 Å². The molecule has 7 nitrogen and oxygen atoms in total. The molecule has 0 aliphatic carbocycles. The molecule has 16 heavy (non-hydrogen) atoms. The first-order valence-electron chi connectivity index (χ1n) is 4.80. The highest BCUT2D eigenvalue weighted by Crippen LogP contribution is 2.16. The van der Waals surface area contributed by atoms with Gasteiger partial charge in [-0.1, -0.05) is 0 Å². The first kappa shape index (κ1) is 12.0. The molecule has 0 unspecified atom stereocenters. The Bertz CT molecular complexity index is 369. The number of nitrogens with one attached hydrogen (secondary N) is 2. The lowest BCUT2D eigenvalue weighted by molar-refractivity contribution is 0.161. The molecule has 0 spiro atoms. The van der Waals surface area contributed by atoms with E-state index >= 15 is 0 Å². The summed E-state index contributed by atoms with van der Waals surface area (Å²) in [6.45, 7) is 2.54. The van der Waals surface area contributed by atoms with Crippen molar-refractivity contribution >= 4 is 17.7 Å². The number of nitrogens with zero attached hydrogens (tertiary/aromatic N) is 2. The lowest BCUT2D eigenvalue weighted by Crippen LogP contribution is -2.19. The zero-order valence-electron chi connectivity index (χ0n) is 9.28. The Kier molecular flexibility index (Phi) is 4.31. The maximum atomic E-state index is 10.3. The Labute approximate surface area is 93.4 Å². The van der Waals surface area contributed by atoms with Crippen LogP contribution in [-0.2, 0) is 4.74 Å². The van der Waals surface area contributed by atoms with E-state index in [-0.39, 0.29) is 6.61 Å². The maximum absolute atomic E-state index is 10.3. The van der Waals surface area contributed by atoms with Gasteiger partial charge in [0.15, 0.2) is 0 Å². The lowest BCUT2D eigenvalue weighted by atomic mass is 10.3. The number of nitrogens with two attached hydrogens (primary N) is 1. The van der Waals surface area contributed by atoms with Gasteiger partial charge in [0, 0.05) is 12.6 Å². The minimum Gasteiger partial charge on any atom is -0.448 e. The van der Waals surface area contributed by atoms with Gasteiger partial charge in [0.05, 0.1) is 6.54 Å². The third-order valence-electron chi connectivity index (χ3n) is 1.96. The van der Waals surface area contributed by atoms with E-state index in [0.29, 0.717) is 12.4 Å². The maximum Gasteiger partial charge on any atom is 0.404 e. The largest absolute Gasteiger partial charge is 0.448 e. The Hall–Kier alpha value is -2.05. The molecule has 4 N–H and O–H groups in total. The molecule has 0 radical (unpaired) electrons. The van der Waals surface area contributed by atoms with Crippen molar-refractivity contribution in [1.82, 2.24) is 9.97 Å². The highest BCUT2D eigenvalue weighted by Gasteiger charge is 2.04. The average molecular weight is 225 g/mol. The van der Waals surface area contributed by atoms with Gasteiger partial charge in [-0.25, -0.2) is 14.8 Å². The van der Waals surface area contributed by atoms with Crippen molar-refractivity contribution in [3.05, 3.63) is 11.9 Å². The molecule has 0 atom stereocenters. The van der Waals surface area contributed by atoms with Crippen molar-refractivity contribution in [2.45, 2.75) is 6.92 Å². The van der Waals surface area contributed by atoms with E-state index in [1.807, 2.05) is 6.92 Å². The van der Waals surface area contributed by atoms with Crippen LogP contribution in [0.4, 0.5) is 16.4 Å². The van der Waals surface area contributed by atoms with Gasteiger partial charge in [0.25, 0.3) is 0 Å². The number of anilines is 2. The average Bonchev–Trinajstić information content (AvgIpc) is 2.26. The van der Waals surface area contributed by atoms with Gasteiger partial charge in [0.2, 0.25) is 0 Å². The summed E-state index contributed by atoms with van der Waals surface area (Å²) in [6.07, 6.45) is 0.674. The van der Waals surface area contributed by atoms with Gasteiger partial charge in [0.1, 0.15) is 24.6 Å². The summed E-state index contributed by atoms with van der Waals surface area (Å²) >= 11 is 0. The van der Waals surface area contributed by atoms with Crippen molar-refractivity contribution in [1.29, 1.82) is 0 Å². The number of hydrogen-bond acceptors (Lipinski definition) is 6. The third-order valence-corrected chi connectivity index (χ3v) is 1.96. The van der Waals surface area contributed by atoms with E-state index in [4.69, 9.17) is 5.73 Å². The Balaban J connectivity index is 2.50. The van der Waals surface area contributed by atoms with Crippen LogP contribution in [0.1, 0.15) is 5.56 Å². The molecule has 1 aromatic rings. The van der Waals surface area contributed by atoms with Crippen LogP contribution in [-0.4, -0.2) is 36.3 Å². The predicted molar refractivity (Wildman–Crippen MR) is 60.3 cm³/mol. The summed E-state index contributed by atoms with van der Waals surface area (Å²) in [7, 11) is 1.79. The summed E-state index contributed by atoms with van der Waals surface area (Å²) in [4.78, 5) is 18.4. The van der Waals surface area contributed by atoms with Crippen LogP contribution in [0.15, 0.2) is 6.33 Å². The minimum atomic E-state index is -0.780. The number of rotatable bonds is 5. The molecular weight excluding hydrogens is 210 g/mol. The van der Waals surface area contributed by atoms with Gasteiger partial charge < -0.3 is 21.1 Å². The molecule has 0 saturated carbocycles. The molecule has 0 aliphatic rings. The molecule has 88 valence electrons. The van der Waals surface area contributed by atoms with Crippen LogP contribution in [0.2, 0.25) is 0 Å². The quantitative estimate of drug-likeness (QED) is 0.624. The first-order valence-corrected chi connectivity index (χ1v) is 4.80. The SMILES string of the molecule is CNc1ncnc(NCCOC(N)=O)c1C. The molecule has 0 fully saturated rings. The number of primary amides is 1. The van der Waals surface area contributed by atoms with Crippen molar-refractivity contribution in [3.63, 3.8) is 0 Å². The highest BCUT2D eigenvalue weighted by atomic mass is 16.5. The van der Waals surface area contributed by atoms with Gasteiger partial charge in [-0.3, -0.25) is 0 Å². The predicted octanol–water partition coefficient (Wildman–Crippen LogP) is 0.334. The number of aromatic nitrogens is 2. The van der Waals surface area contributed by atoms with Crippen molar-refractivity contribution in [2.24, 2.45) is 5.73 Å². The first-order chi connectivity index (χ1) is 7.65. The molecule has 0 aromatic carbocycles. The molecule has 1 aromatic heterocycles. The summed E-state index contributed by atoms with van der Waals surface area (Å²) in [6, 6.07) is 0. The number of carbonyl (C=O) groups is 1. The zero-order chi connectivity index (χ0) is 12.0. The van der Waals surface area contributed by atoms with Crippen LogP contribution >= 0.6 is 0 Å². The van der Waals surface area contributed by atoms with E-state index in [0.717, 1.165) is 11.4 Å². The lowest BCUT2D eigenvalue weighted by Gasteiger charge is -2.10. The second kappa shape index (κ2) is 5.74. The zero-order valence-corrected chi connectivity index (χ0v) is 9.28. The standard InChI is InChI=1S/C9H15N5O2/c1-6-7(11-2)13-5-14-8(6)12-3-4-16-9(10)15/h5H,3-4H2,1-2H3,(H2,10,15)(H2,11,12,13,14). The normalized spacial score (nSPS) is 9.62. The molecule has 1 rings (SSSR count). The van der Waals surface area contributed by atoms with Crippen molar-refractivity contribution in [2.75, 3.05) is 30.8 Å². The van der Waals surface area contributed by atoms with Crippen LogP contribution in [0.3, 0.4) is 0 Å². The monoisotopic (exact) mass is 225 g/mol. The highest BCUT2D eigenvalue weighted by molar-refractivity contribution is 5.64. The van der Waals surface area contributed by atoms with Gasteiger partial charge in [-0.15, -0.1) is 0 Å². The van der Waals surface area contributed by atoms with Gasteiger partial charge in [-0.2, -0.15) is 0 Å². The van der Waals surface area contributed by atoms with Crippen LogP contribution in [0.25, 0.3) is 0 Å². The van der Waals surface area contributed by atoms with Crippen LogP contribution in [0.5, 0.6) is 0 Å². The molecule has 0 bridgehead atoms. The summed E-state index contributed by atoms with van der Waals surface area (Å²) < 4.78 is 4.58. The second-order valence-corrected chi connectivity index (χ2v) is 3.04. The van der Waals surface area contributed by atoms with Crippen molar-refractivity contribution in [3.8, 4) is 0 Å².